The average molecular weight is 395 g/mol. The van der Waals surface area contributed by atoms with Crippen molar-refractivity contribution in [2.75, 3.05) is 6.54 Å². The second-order valence-electron chi connectivity index (χ2n) is 7.76. The van der Waals surface area contributed by atoms with E-state index in [9.17, 15) is 9.59 Å². The molecule has 0 bridgehead atoms. The minimum Gasteiger partial charge on any atom is -0.354 e. The van der Waals surface area contributed by atoms with E-state index in [0.717, 1.165) is 23.1 Å². The number of benzene rings is 2. The number of hydrogen-bond donors (Lipinski definition) is 1. The Labute approximate surface area is 175 Å². The van der Waals surface area contributed by atoms with E-state index in [-0.39, 0.29) is 11.8 Å². The van der Waals surface area contributed by atoms with Crippen molar-refractivity contribution in [1.29, 1.82) is 0 Å². The van der Waals surface area contributed by atoms with Crippen LogP contribution in [-0.2, 0) is 22.6 Å². The minimum absolute atomic E-state index is 0.0185. The lowest BCUT2D eigenvalue weighted by Crippen LogP contribution is -2.49. The molecule has 4 nitrogen and oxygen atoms in total. The largest absolute Gasteiger partial charge is 0.354 e. The highest BCUT2D eigenvalue weighted by atomic mass is 16.2. The van der Waals surface area contributed by atoms with Crippen molar-refractivity contribution in [3.63, 3.8) is 0 Å². The average Bonchev–Trinajstić information content (AvgIpc) is 2.70. The summed E-state index contributed by atoms with van der Waals surface area (Å²) in [7, 11) is 0. The fourth-order valence-electron chi connectivity index (χ4n) is 3.45. The molecule has 0 saturated carbocycles. The van der Waals surface area contributed by atoms with E-state index in [1.165, 1.54) is 11.1 Å². The molecule has 2 aromatic carbocycles. The normalized spacial score (nSPS) is 11.8. The molecule has 0 spiro atoms. The van der Waals surface area contributed by atoms with Crippen LogP contribution >= 0.6 is 0 Å². The highest BCUT2D eigenvalue weighted by molar-refractivity contribution is 5.88. The Morgan fingerprint density at radius 2 is 1.69 bits per heavy atom. The lowest BCUT2D eigenvalue weighted by molar-refractivity contribution is -0.140. The summed E-state index contributed by atoms with van der Waals surface area (Å²) in [6.45, 7) is 11.2. The minimum atomic E-state index is -0.472. The standard InChI is InChI=1S/C25H34N2O2/c1-6-14-26-25(29)23(7-2)27(17-22-11-9-8-10-19(22)4)24(28)16-21-13-12-18(3)20(5)15-21/h8-13,15,23H,6-7,14,16-17H2,1-5H3,(H,26,29)/t23-/m0/s1. The Kier molecular flexibility index (Phi) is 8.44. The molecule has 2 amide bonds. The van der Waals surface area contributed by atoms with Gasteiger partial charge in [-0.15, -0.1) is 0 Å². The third kappa shape index (κ3) is 6.18. The van der Waals surface area contributed by atoms with Gasteiger partial charge in [-0.2, -0.15) is 0 Å². The molecule has 0 aromatic heterocycles. The number of rotatable bonds is 9. The Balaban J connectivity index is 2.30. The predicted molar refractivity (Wildman–Crippen MR) is 119 cm³/mol. The predicted octanol–water partition coefficient (Wildman–Crippen LogP) is 4.49. The van der Waals surface area contributed by atoms with Crippen LogP contribution in [0.3, 0.4) is 0 Å². The van der Waals surface area contributed by atoms with Gasteiger partial charge in [-0.3, -0.25) is 9.59 Å². The topological polar surface area (TPSA) is 49.4 Å². The third-order valence-corrected chi connectivity index (χ3v) is 5.46. The van der Waals surface area contributed by atoms with Crippen LogP contribution in [0.25, 0.3) is 0 Å². The van der Waals surface area contributed by atoms with E-state index < -0.39 is 6.04 Å². The van der Waals surface area contributed by atoms with Gasteiger partial charge in [0.05, 0.1) is 6.42 Å². The Hall–Kier alpha value is -2.62. The summed E-state index contributed by atoms with van der Waals surface area (Å²) in [5.41, 5.74) is 5.57. The zero-order chi connectivity index (χ0) is 21.4. The Morgan fingerprint density at radius 1 is 0.966 bits per heavy atom. The van der Waals surface area contributed by atoms with Gasteiger partial charge in [-0.05, 0) is 61.4 Å². The molecule has 0 heterocycles. The summed E-state index contributed by atoms with van der Waals surface area (Å²) in [5.74, 6) is -0.0913. The molecular weight excluding hydrogens is 360 g/mol. The van der Waals surface area contributed by atoms with Gasteiger partial charge >= 0.3 is 0 Å². The maximum atomic E-state index is 13.3. The second kappa shape index (κ2) is 10.8. The number of carbonyl (C=O) groups excluding carboxylic acids is 2. The molecule has 0 radical (unpaired) electrons. The van der Waals surface area contributed by atoms with Crippen molar-refractivity contribution in [2.45, 2.75) is 66.5 Å². The molecule has 2 aromatic rings. The van der Waals surface area contributed by atoms with Crippen molar-refractivity contribution >= 4 is 11.8 Å². The molecular formula is C25H34N2O2. The van der Waals surface area contributed by atoms with Gasteiger partial charge in [0.1, 0.15) is 6.04 Å². The van der Waals surface area contributed by atoms with Crippen molar-refractivity contribution < 1.29 is 9.59 Å². The quantitative estimate of drug-likeness (QED) is 0.681. The van der Waals surface area contributed by atoms with Crippen LogP contribution in [0.15, 0.2) is 42.5 Å². The van der Waals surface area contributed by atoms with Crippen LogP contribution < -0.4 is 5.32 Å². The molecule has 0 saturated heterocycles. The van der Waals surface area contributed by atoms with Gasteiger partial charge in [-0.25, -0.2) is 0 Å². The van der Waals surface area contributed by atoms with Crippen LogP contribution in [0.1, 0.15) is 54.5 Å². The monoisotopic (exact) mass is 394 g/mol. The van der Waals surface area contributed by atoms with E-state index in [4.69, 9.17) is 0 Å². The molecule has 4 heteroatoms. The van der Waals surface area contributed by atoms with E-state index >= 15 is 0 Å². The van der Waals surface area contributed by atoms with Gasteiger partial charge < -0.3 is 10.2 Å². The summed E-state index contributed by atoms with van der Waals surface area (Å²) in [6, 6.07) is 13.7. The molecule has 0 aliphatic heterocycles. The number of nitrogens with zero attached hydrogens (tertiary/aromatic N) is 1. The fourth-order valence-corrected chi connectivity index (χ4v) is 3.45. The second-order valence-corrected chi connectivity index (χ2v) is 7.76. The smallest absolute Gasteiger partial charge is 0.242 e. The van der Waals surface area contributed by atoms with Gasteiger partial charge in [0.25, 0.3) is 0 Å². The molecule has 0 aliphatic carbocycles. The molecule has 1 N–H and O–H groups in total. The molecule has 2 rings (SSSR count). The maximum Gasteiger partial charge on any atom is 0.242 e. The highest BCUT2D eigenvalue weighted by Gasteiger charge is 2.28. The molecule has 0 aliphatic rings. The maximum absolute atomic E-state index is 13.3. The van der Waals surface area contributed by atoms with E-state index in [2.05, 4.69) is 31.3 Å². The fraction of sp³-hybridized carbons (Fsp3) is 0.440. The summed E-state index contributed by atoms with van der Waals surface area (Å²) in [5, 5.41) is 2.97. The Morgan fingerprint density at radius 3 is 2.31 bits per heavy atom. The number of hydrogen-bond acceptors (Lipinski definition) is 2. The van der Waals surface area contributed by atoms with Crippen LogP contribution in [0.5, 0.6) is 0 Å². The summed E-state index contributed by atoms with van der Waals surface area (Å²) < 4.78 is 0. The molecule has 1 atom stereocenters. The first-order chi connectivity index (χ1) is 13.9. The van der Waals surface area contributed by atoms with E-state index in [1.54, 1.807) is 4.90 Å². The van der Waals surface area contributed by atoms with E-state index in [1.807, 2.05) is 51.1 Å². The summed E-state index contributed by atoms with van der Waals surface area (Å²) in [4.78, 5) is 27.9. The van der Waals surface area contributed by atoms with Crippen molar-refractivity contribution in [3.8, 4) is 0 Å². The first-order valence-corrected chi connectivity index (χ1v) is 10.5. The van der Waals surface area contributed by atoms with Crippen LogP contribution in [0.2, 0.25) is 0 Å². The van der Waals surface area contributed by atoms with Crippen LogP contribution in [-0.4, -0.2) is 29.3 Å². The van der Waals surface area contributed by atoms with Crippen molar-refractivity contribution in [1.82, 2.24) is 10.2 Å². The zero-order valence-corrected chi connectivity index (χ0v) is 18.4. The van der Waals surface area contributed by atoms with E-state index in [0.29, 0.717) is 25.9 Å². The first-order valence-electron chi connectivity index (χ1n) is 10.5. The summed E-state index contributed by atoms with van der Waals surface area (Å²) in [6.07, 6.45) is 1.75. The lowest BCUT2D eigenvalue weighted by Gasteiger charge is -2.31. The number of nitrogens with one attached hydrogen (secondary N) is 1. The van der Waals surface area contributed by atoms with Gasteiger partial charge in [-0.1, -0.05) is 56.3 Å². The lowest BCUT2D eigenvalue weighted by atomic mass is 10.0. The SMILES string of the molecule is CCCNC(=O)[C@H](CC)N(Cc1ccccc1C)C(=O)Cc1ccc(C)c(C)c1. The zero-order valence-electron chi connectivity index (χ0n) is 18.4. The Bertz CT molecular complexity index is 844. The summed E-state index contributed by atoms with van der Waals surface area (Å²) >= 11 is 0. The molecule has 0 unspecified atom stereocenters. The number of carbonyl (C=O) groups is 2. The number of amides is 2. The van der Waals surface area contributed by atoms with Gasteiger partial charge in [0.2, 0.25) is 11.8 Å². The van der Waals surface area contributed by atoms with Crippen LogP contribution in [0.4, 0.5) is 0 Å². The molecule has 156 valence electrons. The van der Waals surface area contributed by atoms with Crippen molar-refractivity contribution in [2.24, 2.45) is 0 Å². The number of aryl methyl sites for hydroxylation is 3. The third-order valence-electron chi connectivity index (χ3n) is 5.46. The molecule has 0 fully saturated rings. The highest BCUT2D eigenvalue weighted by Crippen LogP contribution is 2.18. The molecule has 29 heavy (non-hydrogen) atoms. The van der Waals surface area contributed by atoms with Gasteiger partial charge in [0, 0.05) is 13.1 Å². The first kappa shape index (κ1) is 22.7. The van der Waals surface area contributed by atoms with Gasteiger partial charge in [0.15, 0.2) is 0 Å². The van der Waals surface area contributed by atoms with Crippen molar-refractivity contribution in [3.05, 3.63) is 70.3 Å². The van der Waals surface area contributed by atoms with Crippen LogP contribution in [0, 0.1) is 20.8 Å².